The smallest absolute Gasteiger partial charge is 0.251 e. The van der Waals surface area contributed by atoms with Gasteiger partial charge in [0, 0.05) is 24.7 Å². The summed E-state index contributed by atoms with van der Waals surface area (Å²) >= 11 is 6.06. The SMILES string of the molecule is Cc1cc(C)cc(C(=O)NC2(CCl)CCOCC2)c1. The summed E-state index contributed by atoms with van der Waals surface area (Å²) < 4.78 is 5.34. The predicted octanol–water partition coefficient (Wildman–Crippen LogP) is 2.82. The number of halogens is 1. The van der Waals surface area contributed by atoms with Crippen LogP contribution in [0.4, 0.5) is 0 Å². The summed E-state index contributed by atoms with van der Waals surface area (Å²) in [7, 11) is 0. The average Bonchev–Trinajstić information content (AvgIpc) is 2.38. The fourth-order valence-electron chi connectivity index (χ4n) is 2.47. The van der Waals surface area contributed by atoms with Crippen molar-refractivity contribution in [2.24, 2.45) is 0 Å². The number of amides is 1. The highest BCUT2D eigenvalue weighted by molar-refractivity contribution is 6.19. The van der Waals surface area contributed by atoms with Crippen LogP contribution in [0, 0.1) is 13.8 Å². The first kappa shape index (κ1) is 14.4. The molecule has 1 N–H and O–H groups in total. The van der Waals surface area contributed by atoms with E-state index in [-0.39, 0.29) is 11.4 Å². The summed E-state index contributed by atoms with van der Waals surface area (Å²) in [5.74, 6) is 0.377. The molecule has 1 heterocycles. The molecule has 4 heteroatoms. The molecule has 1 aromatic carbocycles. The van der Waals surface area contributed by atoms with Crippen LogP contribution in [0.5, 0.6) is 0 Å². The largest absolute Gasteiger partial charge is 0.381 e. The molecule has 2 rings (SSSR count). The molecule has 0 spiro atoms. The number of carbonyl (C=O) groups excluding carboxylic acids is 1. The van der Waals surface area contributed by atoms with E-state index in [0.29, 0.717) is 24.7 Å². The summed E-state index contributed by atoms with van der Waals surface area (Å²) in [6.45, 7) is 5.30. The molecule has 1 amide bonds. The van der Waals surface area contributed by atoms with Gasteiger partial charge in [0.2, 0.25) is 0 Å². The van der Waals surface area contributed by atoms with Gasteiger partial charge in [0.15, 0.2) is 0 Å². The zero-order valence-electron chi connectivity index (χ0n) is 11.5. The van der Waals surface area contributed by atoms with E-state index >= 15 is 0 Å². The second-order valence-electron chi connectivity index (χ2n) is 5.36. The van der Waals surface area contributed by atoms with Gasteiger partial charge in [-0.2, -0.15) is 0 Å². The Morgan fingerprint density at radius 1 is 1.26 bits per heavy atom. The zero-order chi connectivity index (χ0) is 13.9. The van der Waals surface area contributed by atoms with Gasteiger partial charge in [-0.3, -0.25) is 4.79 Å². The lowest BCUT2D eigenvalue weighted by Gasteiger charge is -2.36. The molecule has 1 aliphatic rings. The van der Waals surface area contributed by atoms with E-state index in [1.54, 1.807) is 0 Å². The highest BCUT2D eigenvalue weighted by Crippen LogP contribution is 2.23. The van der Waals surface area contributed by atoms with E-state index in [4.69, 9.17) is 16.3 Å². The summed E-state index contributed by atoms with van der Waals surface area (Å²) in [6, 6.07) is 5.87. The summed E-state index contributed by atoms with van der Waals surface area (Å²) in [5.41, 5.74) is 2.57. The number of rotatable bonds is 3. The molecule has 1 saturated heterocycles. The van der Waals surface area contributed by atoms with E-state index in [0.717, 1.165) is 24.0 Å². The molecule has 3 nitrogen and oxygen atoms in total. The molecular weight excluding hydrogens is 262 g/mol. The Kier molecular flexibility index (Phi) is 4.48. The lowest BCUT2D eigenvalue weighted by Crippen LogP contribution is -2.53. The molecular formula is C15H20ClNO2. The van der Waals surface area contributed by atoms with Gasteiger partial charge >= 0.3 is 0 Å². The van der Waals surface area contributed by atoms with E-state index < -0.39 is 0 Å². The number of hydrogen-bond acceptors (Lipinski definition) is 2. The molecule has 104 valence electrons. The quantitative estimate of drug-likeness (QED) is 0.865. The van der Waals surface area contributed by atoms with Crippen molar-refractivity contribution in [3.05, 3.63) is 34.9 Å². The van der Waals surface area contributed by atoms with Gasteiger partial charge in [-0.15, -0.1) is 11.6 Å². The van der Waals surface area contributed by atoms with Crippen molar-refractivity contribution in [2.75, 3.05) is 19.1 Å². The van der Waals surface area contributed by atoms with Crippen LogP contribution in [-0.2, 0) is 4.74 Å². The molecule has 0 atom stereocenters. The number of aryl methyl sites for hydroxylation is 2. The lowest BCUT2D eigenvalue weighted by atomic mass is 9.91. The third-order valence-electron chi connectivity index (χ3n) is 3.57. The topological polar surface area (TPSA) is 38.3 Å². The van der Waals surface area contributed by atoms with Gasteiger partial charge < -0.3 is 10.1 Å². The van der Waals surface area contributed by atoms with E-state index in [9.17, 15) is 4.79 Å². The average molecular weight is 282 g/mol. The van der Waals surface area contributed by atoms with Crippen LogP contribution in [0.1, 0.15) is 34.3 Å². The molecule has 1 fully saturated rings. The number of benzene rings is 1. The minimum Gasteiger partial charge on any atom is -0.381 e. The van der Waals surface area contributed by atoms with E-state index in [1.165, 1.54) is 0 Å². The van der Waals surface area contributed by atoms with E-state index in [2.05, 4.69) is 11.4 Å². The number of alkyl halides is 1. The standard InChI is InChI=1S/C15H20ClNO2/c1-11-7-12(2)9-13(8-11)14(18)17-15(10-16)3-5-19-6-4-15/h7-9H,3-6,10H2,1-2H3,(H,17,18). The Hall–Kier alpha value is -1.06. The normalized spacial score (nSPS) is 18.1. The van der Waals surface area contributed by atoms with Crippen molar-refractivity contribution in [3.63, 3.8) is 0 Å². The highest BCUT2D eigenvalue weighted by atomic mass is 35.5. The molecule has 1 aromatic rings. The molecule has 19 heavy (non-hydrogen) atoms. The fourth-order valence-corrected chi connectivity index (χ4v) is 2.81. The van der Waals surface area contributed by atoms with Gasteiger partial charge in [0.1, 0.15) is 0 Å². The minimum atomic E-state index is -0.325. The molecule has 0 radical (unpaired) electrons. The van der Waals surface area contributed by atoms with Gasteiger partial charge in [-0.25, -0.2) is 0 Å². The van der Waals surface area contributed by atoms with Gasteiger partial charge in [0.25, 0.3) is 5.91 Å². The first-order chi connectivity index (χ1) is 9.04. The zero-order valence-corrected chi connectivity index (χ0v) is 12.2. The van der Waals surface area contributed by atoms with Crippen molar-refractivity contribution in [2.45, 2.75) is 32.2 Å². The second kappa shape index (κ2) is 5.93. The van der Waals surface area contributed by atoms with Crippen LogP contribution in [0.2, 0.25) is 0 Å². The van der Waals surface area contributed by atoms with Crippen molar-refractivity contribution >= 4 is 17.5 Å². The van der Waals surface area contributed by atoms with Crippen LogP contribution in [0.25, 0.3) is 0 Å². The Morgan fingerprint density at radius 3 is 2.37 bits per heavy atom. The minimum absolute atomic E-state index is 0.0469. The first-order valence-electron chi connectivity index (χ1n) is 6.59. The summed E-state index contributed by atoms with van der Waals surface area (Å²) in [4.78, 5) is 12.4. The second-order valence-corrected chi connectivity index (χ2v) is 5.62. The molecule has 0 aromatic heterocycles. The van der Waals surface area contributed by atoms with Gasteiger partial charge in [0.05, 0.1) is 5.54 Å². The molecule has 0 aliphatic carbocycles. The van der Waals surface area contributed by atoms with Crippen LogP contribution in [0.3, 0.4) is 0 Å². The number of nitrogens with one attached hydrogen (secondary N) is 1. The van der Waals surface area contributed by atoms with Crippen LogP contribution in [0.15, 0.2) is 18.2 Å². The highest BCUT2D eigenvalue weighted by Gasteiger charge is 2.33. The number of ether oxygens (including phenoxy) is 1. The summed E-state index contributed by atoms with van der Waals surface area (Å²) in [5, 5.41) is 3.10. The van der Waals surface area contributed by atoms with Gasteiger partial charge in [-0.1, -0.05) is 17.2 Å². The lowest BCUT2D eigenvalue weighted by molar-refractivity contribution is 0.0433. The Balaban J connectivity index is 2.15. The fraction of sp³-hybridized carbons (Fsp3) is 0.533. The van der Waals surface area contributed by atoms with Crippen LogP contribution >= 0.6 is 11.6 Å². The molecule has 0 unspecified atom stereocenters. The van der Waals surface area contributed by atoms with Crippen molar-refractivity contribution in [3.8, 4) is 0 Å². The molecule has 1 aliphatic heterocycles. The monoisotopic (exact) mass is 281 g/mol. The predicted molar refractivity (Wildman–Crippen MR) is 76.9 cm³/mol. The van der Waals surface area contributed by atoms with Crippen LogP contribution in [-0.4, -0.2) is 30.5 Å². The van der Waals surface area contributed by atoms with E-state index in [1.807, 2.05) is 26.0 Å². The Morgan fingerprint density at radius 2 is 1.84 bits per heavy atom. The third-order valence-corrected chi connectivity index (χ3v) is 4.08. The third kappa shape index (κ3) is 3.48. The molecule has 0 saturated carbocycles. The summed E-state index contributed by atoms with van der Waals surface area (Å²) in [6.07, 6.45) is 1.54. The maximum Gasteiger partial charge on any atom is 0.251 e. The number of carbonyl (C=O) groups is 1. The first-order valence-corrected chi connectivity index (χ1v) is 7.13. The molecule has 0 bridgehead atoms. The Labute approximate surface area is 119 Å². The van der Waals surface area contributed by atoms with Crippen LogP contribution < -0.4 is 5.32 Å². The maximum atomic E-state index is 12.4. The van der Waals surface area contributed by atoms with Crippen molar-refractivity contribution in [1.82, 2.24) is 5.32 Å². The van der Waals surface area contributed by atoms with Crippen molar-refractivity contribution < 1.29 is 9.53 Å². The van der Waals surface area contributed by atoms with Crippen molar-refractivity contribution in [1.29, 1.82) is 0 Å². The number of hydrogen-bond donors (Lipinski definition) is 1. The van der Waals surface area contributed by atoms with Gasteiger partial charge in [-0.05, 0) is 38.8 Å². The Bertz CT molecular complexity index is 447. The maximum absolute atomic E-state index is 12.4.